The van der Waals surface area contributed by atoms with Crippen LogP contribution in [0.5, 0.6) is 0 Å². The summed E-state index contributed by atoms with van der Waals surface area (Å²) in [7, 11) is 3.56. The average molecular weight is 243 g/mol. The molecule has 0 radical (unpaired) electrons. The van der Waals surface area contributed by atoms with E-state index in [4.69, 9.17) is 10.9 Å². The first kappa shape index (κ1) is 13.4. The minimum Gasteiger partial charge on any atom is -0.394 e. The molecule has 6 N–H and O–H groups in total. The van der Waals surface area contributed by atoms with Crippen molar-refractivity contribution in [1.82, 2.24) is 15.0 Å². The molecule has 0 aliphatic carbocycles. The summed E-state index contributed by atoms with van der Waals surface area (Å²) in [6, 6.07) is 0. The summed E-state index contributed by atoms with van der Waals surface area (Å²) >= 11 is 0. The Morgan fingerprint density at radius 2 is 1.94 bits per heavy atom. The van der Waals surface area contributed by atoms with Gasteiger partial charge in [-0.2, -0.15) is 15.0 Å². The first-order valence-corrected chi connectivity index (χ1v) is 4.99. The summed E-state index contributed by atoms with van der Waals surface area (Å²) in [5, 5.41) is 20.6. The van der Waals surface area contributed by atoms with Gasteiger partial charge in [-0.25, -0.2) is 5.84 Å². The largest absolute Gasteiger partial charge is 0.394 e. The molecule has 0 amide bonds. The second-order valence-corrected chi connectivity index (χ2v) is 3.54. The van der Waals surface area contributed by atoms with E-state index in [0.29, 0.717) is 5.95 Å². The number of hydrogen-bond donors (Lipinski definition) is 5. The molecule has 1 rings (SSSR count). The summed E-state index contributed by atoms with van der Waals surface area (Å²) in [5.41, 5.74) is 2.32. The molecule has 0 aromatic carbocycles. The summed E-state index contributed by atoms with van der Waals surface area (Å²) in [4.78, 5) is 13.7. The van der Waals surface area contributed by atoms with Gasteiger partial charge in [0.25, 0.3) is 0 Å². The molecular weight excluding hydrogens is 226 g/mol. The summed E-state index contributed by atoms with van der Waals surface area (Å²) in [5.74, 6) is 6.14. The first-order valence-electron chi connectivity index (χ1n) is 4.99. The fourth-order valence-electron chi connectivity index (χ4n) is 0.982. The topological polar surface area (TPSA) is 132 Å². The van der Waals surface area contributed by atoms with Crippen LogP contribution in [-0.2, 0) is 0 Å². The fraction of sp³-hybridized carbons (Fsp3) is 0.625. The van der Waals surface area contributed by atoms with Gasteiger partial charge in [0.2, 0.25) is 17.8 Å². The lowest BCUT2D eigenvalue weighted by molar-refractivity contribution is 0.105. The Morgan fingerprint density at radius 1 is 1.29 bits per heavy atom. The van der Waals surface area contributed by atoms with Crippen LogP contribution in [0.15, 0.2) is 0 Å². The van der Waals surface area contributed by atoms with Gasteiger partial charge in [0.15, 0.2) is 0 Å². The highest BCUT2D eigenvalue weighted by Gasteiger charge is 2.08. The zero-order valence-corrected chi connectivity index (χ0v) is 9.75. The van der Waals surface area contributed by atoms with Gasteiger partial charge in [0.05, 0.1) is 12.7 Å². The third-order valence-corrected chi connectivity index (χ3v) is 1.86. The van der Waals surface area contributed by atoms with Gasteiger partial charge in [-0.15, -0.1) is 0 Å². The Bertz CT molecular complexity index is 360. The van der Waals surface area contributed by atoms with Gasteiger partial charge in [0.1, 0.15) is 0 Å². The van der Waals surface area contributed by atoms with Crippen LogP contribution in [-0.4, -0.2) is 58.5 Å². The number of nitrogens with one attached hydrogen (secondary N) is 2. The minimum atomic E-state index is -0.871. The maximum Gasteiger partial charge on any atom is 0.243 e. The van der Waals surface area contributed by atoms with Crippen molar-refractivity contribution in [2.24, 2.45) is 5.84 Å². The molecule has 0 aliphatic rings. The molecule has 0 saturated heterocycles. The standard InChI is InChI=1S/C8H17N7O2/c1-15(2)8-12-6(10-3-5(17)4-16)11-7(13-8)14-9/h5,16-17H,3-4,9H2,1-2H3,(H2,10,11,12,13,14). The van der Waals surface area contributed by atoms with E-state index in [2.05, 4.69) is 25.7 Å². The van der Waals surface area contributed by atoms with Crippen molar-refractivity contribution in [2.45, 2.75) is 6.10 Å². The van der Waals surface area contributed by atoms with E-state index in [9.17, 15) is 5.11 Å². The highest BCUT2D eigenvalue weighted by molar-refractivity contribution is 5.42. The maximum absolute atomic E-state index is 9.19. The van der Waals surface area contributed by atoms with Crippen LogP contribution < -0.4 is 21.5 Å². The van der Waals surface area contributed by atoms with Crippen molar-refractivity contribution >= 4 is 17.8 Å². The molecule has 1 atom stereocenters. The van der Waals surface area contributed by atoms with E-state index < -0.39 is 6.10 Å². The molecule has 0 bridgehead atoms. The monoisotopic (exact) mass is 243 g/mol. The molecule has 0 spiro atoms. The molecule has 96 valence electrons. The van der Waals surface area contributed by atoms with Crippen molar-refractivity contribution in [2.75, 3.05) is 42.9 Å². The maximum atomic E-state index is 9.19. The number of rotatable bonds is 6. The van der Waals surface area contributed by atoms with Crippen LogP contribution in [0, 0.1) is 0 Å². The average Bonchev–Trinajstić information content (AvgIpc) is 2.35. The second-order valence-electron chi connectivity index (χ2n) is 3.54. The van der Waals surface area contributed by atoms with Crippen molar-refractivity contribution in [3.05, 3.63) is 0 Å². The summed E-state index contributed by atoms with van der Waals surface area (Å²) < 4.78 is 0. The minimum absolute atomic E-state index is 0.136. The molecule has 1 unspecified atom stereocenters. The van der Waals surface area contributed by atoms with E-state index in [1.807, 2.05) is 0 Å². The van der Waals surface area contributed by atoms with E-state index in [-0.39, 0.29) is 25.0 Å². The predicted molar refractivity (Wildman–Crippen MR) is 63.5 cm³/mol. The Labute approximate surface area is 98.7 Å². The SMILES string of the molecule is CN(C)c1nc(NN)nc(NCC(O)CO)n1. The molecule has 0 fully saturated rings. The Morgan fingerprint density at radius 3 is 2.47 bits per heavy atom. The van der Waals surface area contributed by atoms with Gasteiger partial charge >= 0.3 is 0 Å². The number of nitrogens with two attached hydrogens (primary N) is 1. The number of anilines is 3. The Kier molecular flexibility index (Phi) is 4.82. The van der Waals surface area contributed by atoms with Crippen LogP contribution >= 0.6 is 0 Å². The predicted octanol–water partition coefficient (Wildman–Crippen LogP) is -2.01. The molecule has 0 aliphatic heterocycles. The van der Waals surface area contributed by atoms with Gasteiger partial charge < -0.3 is 20.4 Å². The number of aliphatic hydroxyl groups is 2. The van der Waals surface area contributed by atoms with E-state index in [1.165, 1.54) is 0 Å². The molecule has 1 aromatic rings. The molecule has 1 aromatic heterocycles. The number of nitrogens with zero attached hydrogens (tertiary/aromatic N) is 4. The number of hydrogen-bond acceptors (Lipinski definition) is 9. The van der Waals surface area contributed by atoms with Crippen molar-refractivity contribution in [3.63, 3.8) is 0 Å². The molecule has 17 heavy (non-hydrogen) atoms. The lowest BCUT2D eigenvalue weighted by atomic mass is 10.4. The van der Waals surface area contributed by atoms with E-state index in [1.54, 1.807) is 19.0 Å². The van der Waals surface area contributed by atoms with Crippen LogP contribution in [0.4, 0.5) is 17.8 Å². The quantitative estimate of drug-likeness (QED) is 0.284. The van der Waals surface area contributed by atoms with Crippen LogP contribution in [0.25, 0.3) is 0 Å². The second kappa shape index (κ2) is 6.13. The number of aliphatic hydroxyl groups excluding tert-OH is 2. The first-order chi connectivity index (χ1) is 8.06. The number of aromatic nitrogens is 3. The van der Waals surface area contributed by atoms with Crippen LogP contribution in [0.1, 0.15) is 0 Å². The zero-order chi connectivity index (χ0) is 12.8. The van der Waals surface area contributed by atoms with E-state index >= 15 is 0 Å². The van der Waals surface area contributed by atoms with Crippen molar-refractivity contribution in [1.29, 1.82) is 0 Å². The summed E-state index contributed by atoms with van der Waals surface area (Å²) in [6.07, 6.45) is -0.871. The Hall–Kier alpha value is -1.71. The zero-order valence-electron chi connectivity index (χ0n) is 9.75. The van der Waals surface area contributed by atoms with Gasteiger partial charge in [0, 0.05) is 20.6 Å². The Balaban J connectivity index is 2.80. The van der Waals surface area contributed by atoms with Gasteiger partial charge in [-0.3, -0.25) is 5.43 Å². The fourth-order valence-corrected chi connectivity index (χ4v) is 0.982. The van der Waals surface area contributed by atoms with E-state index in [0.717, 1.165) is 0 Å². The number of nitrogen functional groups attached to an aromatic ring is 1. The smallest absolute Gasteiger partial charge is 0.243 e. The van der Waals surface area contributed by atoms with Crippen LogP contribution in [0.3, 0.4) is 0 Å². The third kappa shape index (κ3) is 3.98. The van der Waals surface area contributed by atoms with Crippen LogP contribution in [0.2, 0.25) is 0 Å². The lowest BCUT2D eigenvalue weighted by Crippen LogP contribution is -2.25. The highest BCUT2D eigenvalue weighted by atomic mass is 16.3. The molecule has 9 heteroatoms. The van der Waals surface area contributed by atoms with Gasteiger partial charge in [-0.05, 0) is 0 Å². The van der Waals surface area contributed by atoms with Gasteiger partial charge in [-0.1, -0.05) is 0 Å². The van der Waals surface area contributed by atoms with Crippen molar-refractivity contribution < 1.29 is 10.2 Å². The molecule has 9 nitrogen and oxygen atoms in total. The molecule has 1 heterocycles. The normalized spacial score (nSPS) is 12.1. The molecular formula is C8H17N7O2. The highest BCUT2D eigenvalue weighted by Crippen LogP contribution is 2.10. The lowest BCUT2D eigenvalue weighted by Gasteiger charge is -2.14. The van der Waals surface area contributed by atoms with Crippen molar-refractivity contribution in [3.8, 4) is 0 Å². The molecule has 0 saturated carbocycles. The third-order valence-electron chi connectivity index (χ3n) is 1.86. The number of hydrazine groups is 1. The summed E-state index contributed by atoms with van der Waals surface area (Å²) in [6.45, 7) is -0.196.